The molecule has 3 heterocycles. The van der Waals surface area contributed by atoms with Gasteiger partial charge in [0.1, 0.15) is 40.7 Å². The van der Waals surface area contributed by atoms with Crippen LogP contribution in [0.1, 0.15) is 58.9 Å². The Morgan fingerprint density at radius 1 is 1.24 bits per heavy atom. The molecule has 0 spiro atoms. The second-order valence-corrected chi connectivity index (χ2v) is 14.6. The van der Waals surface area contributed by atoms with E-state index in [1.807, 2.05) is 18.2 Å². The number of hydrogen-bond donors (Lipinski definition) is 3. The molecule has 15 heteroatoms. The third-order valence-electron chi connectivity index (χ3n) is 10.1. The van der Waals surface area contributed by atoms with Crippen molar-refractivity contribution < 1.29 is 48.0 Å². The molecule has 2 saturated heterocycles. The number of benzene rings is 1. The number of epoxide rings is 1. The molecule has 3 aliphatic heterocycles. The van der Waals surface area contributed by atoms with Crippen molar-refractivity contribution in [2.75, 3.05) is 39.0 Å². The fraction of sp³-hybridized carbons (Fsp3) is 0.657. The second-order valence-electron chi connectivity index (χ2n) is 13.8. The minimum atomic E-state index is -1.79. The molecule has 2 fully saturated rings. The third kappa shape index (κ3) is 8.52. The Hall–Kier alpha value is -3.04. The predicted molar refractivity (Wildman–Crippen MR) is 189 cm³/mol. The van der Waals surface area contributed by atoms with Crippen molar-refractivity contribution in [1.29, 1.82) is 0 Å². The number of anilines is 1. The van der Waals surface area contributed by atoms with Gasteiger partial charge < -0.3 is 38.6 Å². The van der Waals surface area contributed by atoms with E-state index >= 15 is 0 Å². The first-order chi connectivity index (χ1) is 23.5. The summed E-state index contributed by atoms with van der Waals surface area (Å²) in [6, 6.07) is 2.69. The van der Waals surface area contributed by atoms with Crippen molar-refractivity contribution in [2.24, 2.45) is 11.8 Å². The molecule has 13 nitrogen and oxygen atoms in total. The van der Waals surface area contributed by atoms with Crippen LogP contribution >= 0.6 is 24.2 Å². The summed E-state index contributed by atoms with van der Waals surface area (Å²) < 4.78 is 29.1. The van der Waals surface area contributed by atoms with E-state index in [0.717, 1.165) is 5.56 Å². The van der Waals surface area contributed by atoms with Gasteiger partial charge in [0.2, 0.25) is 11.8 Å². The van der Waals surface area contributed by atoms with Crippen LogP contribution in [0.15, 0.2) is 24.3 Å². The summed E-state index contributed by atoms with van der Waals surface area (Å²) in [4.78, 5) is 55.7. The molecular formula is C35H50ClN3O10S. The van der Waals surface area contributed by atoms with Crippen molar-refractivity contribution in [3.63, 3.8) is 0 Å². The Morgan fingerprint density at radius 3 is 2.58 bits per heavy atom. The lowest BCUT2D eigenvalue weighted by Gasteiger charge is -2.42. The lowest BCUT2D eigenvalue weighted by atomic mass is 9.83. The molecular weight excluding hydrogens is 690 g/mol. The molecule has 2 N–H and O–H groups in total. The maximum Gasteiger partial charge on any atom is 0.409 e. The van der Waals surface area contributed by atoms with Crippen LogP contribution in [0.2, 0.25) is 5.02 Å². The number of aliphatic hydroxyl groups is 1. The average Bonchev–Trinajstić information content (AvgIpc) is 3.76. The molecule has 278 valence electrons. The van der Waals surface area contributed by atoms with Gasteiger partial charge in [0, 0.05) is 40.0 Å². The maximum atomic E-state index is 14.1. The zero-order valence-electron chi connectivity index (χ0n) is 29.9. The minimum Gasteiger partial charge on any atom is -0.495 e. The summed E-state index contributed by atoms with van der Waals surface area (Å²) in [7, 11) is 6.04. The first-order valence-corrected chi connectivity index (χ1v) is 17.8. The van der Waals surface area contributed by atoms with Gasteiger partial charge in [-0.2, -0.15) is 12.6 Å². The summed E-state index contributed by atoms with van der Waals surface area (Å²) in [5.41, 5.74) is -1.70. The van der Waals surface area contributed by atoms with Crippen molar-refractivity contribution in [1.82, 2.24) is 10.2 Å². The monoisotopic (exact) mass is 739 g/mol. The number of likely N-dealkylation sites (N-methyl/N-ethyl adjacent to an activating group) is 1. The van der Waals surface area contributed by atoms with E-state index in [2.05, 4.69) is 24.9 Å². The Balaban J connectivity index is 1.75. The highest BCUT2D eigenvalue weighted by Gasteiger charge is 2.64. The molecule has 4 rings (SSSR count). The first-order valence-electron chi connectivity index (χ1n) is 16.8. The van der Waals surface area contributed by atoms with Gasteiger partial charge in [-0.15, -0.1) is 0 Å². The molecule has 1 unspecified atom stereocenters. The van der Waals surface area contributed by atoms with Gasteiger partial charge in [-0.3, -0.25) is 14.9 Å². The minimum absolute atomic E-state index is 0.0282. The number of fused-ring (bicyclic) bond motifs is 5. The summed E-state index contributed by atoms with van der Waals surface area (Å²) in [6.45, 7) is 7.12. The smallest absolute Gasteiger partial charge is 0.409 e. The van der Waals surface area contributed by atoms with E-state index in [1.54, 1.807) is 33.9 Å². The third-order valence-corrected chi connectivity index (χ3v) is 10.7. The van der Waals surface area contributed by atoms with Gasteiger partial charge in [0.05, 0.1) is 25.3 Å². The normalized spacial score (nSPS) is 32.9. The number of nitrogens with one attached hydrogen (secondary N) is 1. The number of carbonyl (C=O) groups excluding carboxylic acids is 4. The summed E-state index contributed by atoms with van der Waals surface area (Å²) in [5.74, 6) is -1.12. The number of alkyl carbamates (subject to hydrolysis) is 1. The van der Waals surface area contributed by atoms with Crippen LogP contribution in [0.5, 0.6) is 5.75 Å². The van der Waals surface area contributed by atoms with Crippen LogP contribution in [0.3, 0.4) is 0 Å². The second kappa shape index (κ2) is 16.1. The fourth-order valence-electron chi connectivity index (χ4n) is 6.72. The summed E-state index contributed by atoms with van der Waals surface area (Å²) in [6.07, 6.45) is 0.351. The number of rotatable bonds is 7. The number of esters is 1. The van der Waals surface area contributed by atoms with Gasteiger partial charge in [0.15, 0.2) is 5.72 Å². The number of hydrogen-bond acceptors (Lipinski definition) is 11. The van der Waals surface area contributed by atoms with Crippen molar-refractivity contribution in [3.8, 4) is 5.75 Å². The Bertz CT molecular complexity index is 1480. The summed E-state index contributed by atoms with van der Waals surface area (Å²) in [5, 5.41) is 14.5. The highest BCUT2D eigenvalue weighted by Crippen LogP contribution is 2.49. The molecule has 50 heavy (non-hydrogen) atoms. The molecule has 9 atom stereocenters. The van der Waals surface area contributed by atoms with Crippen molar-refractivity contribution in [3.05, 3.63) is 34.9 Å². The zero-order chi connectivity index (χ0) is 37.1. The largest absolute Gasteiger partial charge is 0.495 e. The SMILES string of the molecule is COc1cc2cc(c1Cl)N(C)C(=O)C[C@H](OC(=O)[C@H](C)N(C)C(=O)CCS)[C@]1(C)O[C@H]1[C@H](C)[C@@H]1C[C@@](O)(NC(=O)O1)[C@H](OC)/C=C/CC(C)C2. The van der Waals surface area contributed by atoms with E-state index in [0.29, 0.717) is 30.0 Å². The zero-order valence-corrected chi connectivity index (χ0v) is 31.6. The van der Waals surface area contributed by atoms with E-state index in [1.165, 1.54) is 31.1 Å². The van der Waals surface area contributed by atoms with Gasteiger partial charge in [-0.05, 0) is 56.1 Å². The molecule has 1 aromatic rings. The number of thiol groups is 1. The standard InChI is InChI=1S/C35H50ClN3O10S/c1-19-10-9-11-26(46-8)35(44)18-25(47-33(43)37-35)20(2)31-34(4,49-31)27(48-32(42)21(3)38(5)28(40)12-13-50)17-29(41)39(6)23-15-22(14-19)16-24(45-7)30(23)36/h9,11,15-16,19-21,25-27,31,44,50H,10,12-14,17-18H2,1-8H3,(H,37,43)/b11-9+/t19?,20-,21+,25+,26-,27+,31+,34+,35+/m1/s1. The summed E-state index contributed by atoms with van der Waals surface area (Å²) >= 11 is 10.9. The molecule has 0 saturated carbocycles. The van der Waals surface area contributed by atoms with Crippen molar-refractivity contribution >= 4 is 53.8 Å². The van der Waals surface area contributed by atoms with Gasteiger partial charge in [-0.1, -0.05) is 37.6 Å². The quantitative estimate of drug-likeness (QED) is 0.162. The topological polar surface area (TPSA) is 156 Å². The van der Waals surface area contributed by atoms with Crippen molar-refractivity contribution in [2.45, 2.75) is 102 Å². The van der Waals surface area contributed by atoms with Crippen LogP contribution < -0.4 is 15.0 Å². The number of ether oxygens (including phenoxy) is 5. The molecule has 3 aliphatic rings. The Labute approximate surface area is 304 Å². The van der Waals surface area contributed by atoms with E-state index in [9.17, 15) is 24.3 Å². The molecule has 0 aliphatic carbocycles. The highest BCUT2D eigenvalue weighted by atomic mass is 35.5. The number of halogens is 1. The van der Waals surface area contributed by atoms with E-state index in [-0.39, 0.29) is 36.1 Å². The van der Waals surface area contributed by atoms with Gasteiger partial charge in [-0.25, -0.2) is 9.59 Å². The Kier molecular flexibility index (Phi) is 12.8. The van der Waals surface area contributed by atoms with Gasteiger partial charge in [0.25, 0.3) is 0 Å². The maximum absolute atomic E-state index is 14.1. The first kappa shape index (κ1) is 39.7. The van der Waals surface area contributed by atoms with Crippen LogP contribution in [0, 0.1) is 11.8 Å². The van der Waals surface area contributed by atoms with Crippen LogP contribution in [-0.4, -0.2) is 110 Å². The average molecular weight is 740 g/mol. The number of carbonyl (C=O) groups is 4. The molecule has 0 aromatic heterocycles. The number of amides is 3. The van der Waals surface area contributed by atoms with Crippen LogP contribution in [0.4, 0.5) is 10.5 Å². The molecule has 3 amide bonds. The molecule has 1 aromatic carbocycles. The highest BCUT2D eigenvalue weighted by molar-refractivity contribution is 7.80. The predicted octanol–water partition coefficient (Wildman–Crippen LogP) is 3.91. The van der Waals surface area contributed by atoms with Crippen LogP contribution in [-0.2, 0) is 39.8 Å². The molecule has 4 bridgehead atoms. The number of methoxy groups -OCH3 is 2. The molecule has 0 radical (unpaired) electrons. The lowest BCUT2D eigenvalue weighted by Crippen LogP contribution is -2.63. The van der Waals surface area contributed by atoms with Crippen LogP contribution in [0.25, 0.3) is 0 Å². The van der Waals surface area contributed by atoms with E-state index in [4.69, 9.17) is 35.3 Å². The lowest BCUT2D eigenvalue weighted by molar-refractivity contribution is -0.161. The van der Waals surface area contributed by atoms with E-state index < -0.39 is 65.7 Å². The Morgan fingerprint density at radius 2 is 1.94 bits per heavy atom. The number of nitrogens with zero attached hydrogens (tertiary/aromatic N) is 2. The van der Waals surface area contributed by atoms with Gasteiger partial charge >= 0.3 is 12.1 Å². The number of allylic oxidation sites excluding steroid dienone is 1. The fourth-order valence-corrected chi connectivity index (χ4v) is 7.23.